The van der Waals surface area contributed by atoms with E-state index in [9.17, 15) is 0 Å². The van der Waals surface area contributed by atoms with Crippen molar-refractivity contribution in [1.82, 2.24) is 10.3 Å². The van der Waals surface area contributed by atoms with Crippen LogP contribution in [0.4, 0.5) is 0 Å². The normalized spacial score (nSPS) is 24.5. The van der Waals surface area contributed by atoms with Gasteiger partial charge in [0.1, 0.15) is 0 Å². The van der Waals surface area contributed by atoms with E-state index in [0.717, 1.165) is 0 Å². The number of nitrogens with two attached hydrogens (primary N) is 2. The van der Waals surface area contributed by atoms with Crippen LogP contribution >= 0.6 is 11.6 Å². The van der Waals surface area contributed by atoms with Crippen molar-refractivity contribution >= 4 is 11.6 Å². The quantitative estimate of drug-likeness (QED) is 0.657. The molecule has 5 N–H and O–H groups in total. The van der Waals surface area contributed by atoms with Crippen molar-refractivity contribution in [3.63, 3.8) is 0 Å². The third-order valence-electron chi connectivity index (χ3n) is 2.34. The third kappa shape index (κ3) is 1.58. The summed E-state index contributed by atoms with van der Waals surface area (Å²) >= 11 is 6.02. The molecule has 0 amide bonds. The third-order valence-corrected chi connectivity index (χ3v) is 2.64. The van der Waals surface area contributed by atoms with Gasteiger partial charge in [-0.3, -0.25) is 10.7 Å². The number of rotatable bonds is 1. The van der Waals surface area contributed by atoms with E-state index in [2.05, 4.69) is 10.3 Å². The number of hydrogen-bond acceptors (Lipinski definition) is 4. The Balaban J connectivity index is 2.51. The Labute approximate surface area is 92.6 Å². The molecule has 0 fully saturated rings. The Morgan fingerprint density at radius 2 is 2.27 bits per heavy atom. The fourth-order valence-electron chi connectivity index (χ4n) is 1.47. The number of halogens is 1. The van der Waals surface area contributed by atoms with Crippen LogP contribution in [0.3, 0.4) is 0 Å². The lowest BCUT2D eigenvalue weighted by Crippen LogP contribution is -2.53. The van der Waals surface area contributed by atoms with Gasteiger partial charge >= 0.3 is 0 Å². The number of pyridine rings is 1. The zero-order valence-electron chi connectivity index (χ0n) is 7.94. The molecule has 0 saturated carbocycles. The van der Waals surface area contributed by atoms with Crippen molar-refractivity contribution in [2.75, 3.05) is 0 Å². The highest BCUT2D eigenvalue weighted by Crippen LogP contribution is 2.28. The first-order valence-corrected chi connectivity index (χ1v) is 4.82. The van der Waals surface area contributed by atoms with Gasteiger partial charge in [0.2, 0.25) is 0 Å². The van der Waals surface area contributed by atoms with E-state index in [-0.39, 0.29) is 0 Å². The molecule has 1 aromatic heterocycles. The minimum absolute atomic E-state index is 0.485. The molecule has 4 nitrogen and oxygen atoms in total. The SMILES string of the molecule is NC1=CC=CNC1(N)c1ccncc1Cl. The van der Waals surface area contributed by atoms with Gasteiger partial charge < -0.3 is 11.1 Å². The highest BCUT2D eigenvalue weighted by atomic mass is 35.5. The van der Waals surface area contributed by atoms with Gasteiger partial charge in [-0.1, -0.05) is 11.6 Å². The molecule has 78 valence electrons. The van der Waals surface area contributed by atoms with E-state index in [0.29, 0.717) is 16.3 Å². The molecule has 5 heteroatoms. The Kier molecular flexibility index (Phi) is 2.38. The van der Waals surface area contributed by atoms with Crippen LogP contribution < -0.4 is 16.8 Å². The van der Waals surface area contributed by atoms with Crippen molar-refractivity contribution < 1.29 is 0 Å². The zero-order valence-corrected chi connectivity index (χ0v) is 8.70. The summed E-state index contributed by atoms with van der Waals surface area (Å²) in [5, 5.41) is 3.48. The lowest BCUT2D eigenvalue weighted by molar-refractivity contribution is 0.456. The lowest BCUT2D eigenvalue weighted by atomic mass is 9.96. The molecule has 0 spiro atoms. The summed E-state index contributed by atoms with van der Waals surface area (Å²) in [6.45, 7) is 0. The average Bonchev–Trinajstić information content (AvgIpc) is 2.23. The van der Waals surface area contributed by atoms with Crippen LogP contribution in [0.5, 0.6) is 0 Å². The van der Waals surface area contributed by atoms with Gasteiger partial charge in [0, 0.05) is 18.0 Å². The zero-order chi connectivity index (χ0) is 10.9. The summed E-state index contributed by atoms with van der Waals surface area (Å²) in [6.07, 6.45) is 8.43. The van der Waals surface area contributed by atoms with Gasteiger partial charge in [-0.2, -0.15) is 0 Å². The van der Waals surface area contributed by atoms with Gasteiger partial charge in [-0.05, 0) is 24.4 Å². The van der Waals surface area contributed by atoms with Crippen LogP contribution in [-0.2, 0) is 5.66 Å². The van der Waals surface area contributed by atoms with E-state index >= 15 is 0 Å². The first-order valence-electron chi connectivity index (χ1n) is 4.44. The first kappa shape index (κ1) is 10.0. The summed E-state index contributed by atoms with van der Waals surface area (Å²) in [5.74, 6) is 0. The Bertz CT molecular complexity index is 441. The van der Waals surface area contributed by atoms with Crippen molar-refractivity contribution in [3.05, 3.63) is 53.1 Å². The van der Waals surface area contributed by atoms with E-state index in [4.69, 9.17) is 23.1 Å². The molecular formula is C10H11ClN4. The number of nitrogens with zero attached hydrogens (tertiary/aromatic N) is 1. The molecule has 0 saturated heterocycles. The lowest BCUT2D eigenvalue weighted by Gasteiger charge is -2.33. The van der Waals surface area contributed by atoms with Gasteiger partial charge in [-0.25, -0.2) is 0 Å². The van der Waals surface area contributed by atoms with Crippen molar-refractivity contribution in [2.24, 2.45) is 11.5 Å². The minimum Gasteiger partial charge on any atom is -0.399 e. The molecule has 2 rings (SSSR count). The Hall–Kier alpha value is -1.52. The molecule has 0 aromatic carbocycles. The molecular weight excluding hydrogens is 212 g/mol. The molecule has 1 aliphatic rings. The Morgan fingerprint density at radius 1 is 1.47 bits per heavy atom. The van der Waals surface area contributed by atoms with Crippen molar-refractivity contribution in [3.8, 4) is 0 Å². The predicted molar refractivity (Wildman–Crippen MR) is 59.7 cm³/mol. The van der Waals surface area contributed by atoms with E-state index in [1.165, 1.54) is 0 Å². The average molecular weight is 223 g/mol. The van der Waals surface area contributed by atoms with E-state index < -0.39 is 5.66 Å². The summed E-state index contributed by atoms with van der Waals surface area (Å²) in [5.41, 5.74) is 12.3. The van der Waals surface area contributed by atoms with Gasteiger partial charge in [0.15, 0.2) is 5.66 Å². The standard InChI is InChI=1S/C10H11ClN4/c11-8-6-14-5-3-7(8)10(13)9(12)2-1-4-15-10/h1-6,15H,12-13H2. The topological polar surface area (TPSA) is 77.0 Å². The fourth-order valence-corrected chi connectivity index (χ4v) is 1.74. The maximum atomic E-state index is 6.16. The number of nitrogens with one attached hydrogen (secondary N) is 1. The molecule has 1 aromatic rings. The number of dihydropyridines is 1. The Morgan fingerprint density at radius 3 is 2.93 bits per heavy atom. The van der Waals surface area contributed by atoms with Crippen molar-refractivity contribution in [2.45, 2.75) is 5.66 Å². The summed E-state index contributed by atoms with van der Waals surface area (Å²) < 4.78 is 0. The fraction of sp³-hybridized carbons (Fsp3) is 0.100. The molecule has 2 heterocycles. The molecule has 0 bridgehead atoms. The second-order valence-electron chi connectivity index (χ2n) is 3.29. The summed E-state index contributed by atoms with van der Waals surface area (Å²) in [4.78, 5) is 3.90. The maximum Gasteiger partial charge on any atom is 0.154 e. The van der Waals surface area contributed by atoms with Crippen LogP contribution in [0.1, 0.15) is 5.56 Å². The second-order valence-corrected chi connectivity index (χ2v) is 3.70. The molecule has 0 radical (unpaired) electrons. The molecule has 1 atom stereocenters. The van der Waals surface area contributed by atoms with Crippen molar-refractivity contribution in [1.29, 1.82) is 0 Å². The first-order chi connectivity index (χ1) is 7.14. The van der Waals surface area contributed by atoms with Crippen LogP contribution in [0.25, 0.3) is 0 Å². The minimum atomic E-state index is -0.950. The summed E-state index contributed by atoms with van der Waals surface area (Å²) in [6, 6.07) is 1.75. The van der Waals surface area contributed by atoms with Crippen LogP contribution in [0, 0.1) is 0 Å². The smallest absolute Gasteiger partial charge is 0.154 e. The number of hydrogen-bond donors (Lipinski definition) is 3. The summed E-state index contributed by atoms with van der Waals surface area (Å²) in [7, 11) is 0. The largest absolute Gasteiger partial charge is 0.399 e. The molecule has 0 aliphatic carbocycles. The van der Waals surface area contributed by atoms with Crippen LogP contribution in [0.2, 0.25) is 5.02 Å². The number of aromatic nitrogens is 1. The van der Waals surface area contributed by atoms with E-state index in [1.54, 1.807) is 36.8 Å². The van der Waals surface area contributed by atoms with Crippen LogP contribution in [0.15, 0.2) is 42.5 Å². The highest BCUT2D eigenvalue weighted by Gasteiger charge is 2.32. The molecule has 15 heavy (non-hydrogen) atoms. The predicted octanol–water partition coefficient (Wildman–Crippen LogP) is 0.806. The van der Waals surface area contributed by atoms with Gasteiger partial charge in [-0.15, -0.1) is 0 Å². The maximum absolute atomic E-state index is 6.16. The van der Waals surface area contributed by atoms with Gasteiger partial charge in [0.05, 0.1) is 10.7 Å². The van der Waals surface area contributed by atoms with Gasteiger partial charge in [0.25, 0.3) is 0 Å². The number of allylic oxidation sites excluding steroid dienone is 2. The highest BCUT2D eigenvalue weighted by molar-refractivity contribution is 6.31. The van der Waals surface area contributed by atoms with E-state index in [1.807, 2.05) is 0 Å². The molecule has 1 unspecified atom stereocenters. The second kappa shape index (κ2) is 3.56. The van der Waals surface area contributed by atoms with Crippen LogP contribution in [-0.4, -0.2) is 4.98 Å². The molecule has 1 aliphatic heterocycles. The monoisotopic (exact) mass is 222 g/mol.